The summed E-state index contributed by atoms with van der Waals surface area (Å²) in [6, 6.07) is 0. The normalized spacial score (nSPS) is 20.7. The first kappa shape index (κ1) is 11.9. The van der Waals surface area contributed by atoms with E-state index in [0.29, 0.717) is 0 Å². The van der Waals surface area contributed by atoms with Gasteiger partial charge in [0.05, 0.1) is 18.6 Å². The Morgan fingerprint density at radius 3 is 1.93 bits per heavy atom. The van der Waals surface area contributed by atoms with E-state index in [9.17, 15) is 16.8 Å². The van der Waals surface area contributed by atoms with E-state index in [2.05, 4.69) is 4.18 Å². The maximum atomic E-state index is 11.0. The summed E-state index contributed by atoms with van der Waals surface area (Å²) in [7, 11) is -6.53. The third-order valence-electron chi connectivity index (χ3n) is 2.10. The van der Waals surface area contributed by atoms with Crippen LogP contribution >= 0.6 is 0 Å². The van der Waals surface area contributed by atoms with Gasteiger partial charge in [-0.25, -0.2) is 8.42 Å². The Hall–Kier alpha value is -0.140. The second-order valence-electron chi connectivity index (χ2n) is 4.04. The number of hydrogen-bond donors (Lipinski definition) is 0. The second kappa shape index (κ2) is 3.46. The highest BCUT2D eigenvalue weighted by atomic mass is 32.2. The molecule has 0 amide bonds. The van der Waals surface area contributed by atoms with Gasteiger partial charge in [-0.3, -0.25) is 4.18 Å². The van der Waals surface area contributed by atoms with Crippen LogP contribution in [-0.4, -0.2) is 41.7 Å². The van der Waals surface area contributed by atoms with E-state index in [1.807, 2.05) is 0 Å². The van der Waals surface area contributed by atoms with E-state index in [1.54, 1.807) is 0 Å². The van der Waals surface area contributed by atoms with Crippen molar-refractivity contribution in [1.29, 1.82) is 0 Å². The molecule has 0 aromatic carbocycles. The van der Waals surface area contributed by atoms with Gasteiger partial charge in [0.2, 0.25) is 0 Å². The zero-order chi connectivity index (χ0) is 11.0. The van der Waals surface area contributed by atoms with Gasteiger partial charge in [0.1, 0.15) is 9.84 Å². The molecule has 0 atom stereocenters. The highest BCUT2D eigenvalue weighted by Gasteiger charge is 2.46. The van der Waals surface area contributed by atoms with Crippen LogP contribution in [0.4, 0.5) is 0 Å². The van der Waals surface area contributed by atoms with Gasteiger partial charge in [-0.15, -0.1) is 0 Å². The van der Waals surface area contributed by atoms with Crippen LogP contribution in [0.5, 0.6) is 0 Å². The minimum Gasteiger partial charge on any atom is -0.270 e. The van der Waals surface area contributed by atoms with E-state index < -0.39 is 25.4 Å². The van der Waals surface area contributed by atoms with Gasteiger partial charge >= 0.3 is 0 Å². The van der Waals surface area contributed by atoms with Gasteiger partial charge in [-0.1, -0.05) is 0 Å². The standard InChI is InChI=1S/C7H14O5S2/c1-13(8,9)6-7(3-4-7)5-12-14(2,10)11/h3-6H2,1-2H3. The zero-order valence-electron chi connectivity index (χ0n) is 8.19. The molecular weight excluding hydrogens is 228 g/mol. The highest BCUT2D eigenvalue weighted by Crippen LogP contribution is 2.47. The fourth-order valence-electron chi connectivity index (χ4n) is 1.30. The van der Waals surface area contributed by atoms with Crippen molar-refractivity contribution in [3.8, 4) is 0 Å². The van der Waals surface area contributed by atoms with Crippen molar-refractivity contribution in [1.82, 2.24) is 0 Å². The van der Waals surface area contributed by atoms with Gasteiger partial charge in [0.25, 0.3) is 10.1 Å². The molecule has 1 rings (SSSR count). The van der Waals surface area contributed by atoms with E-state index >= 15 is 0 Å². The summed E-state index contributed by atoms with van der Waals surface area (Å²) in [6.07, 6.45) is 3.54. The van der Waals surface area contributed by atoms with Gasteiger partial charge in [0.15, 0.2) is 0 Å². The first-order chi connectivity index (χ1) is 6.12. The van der Waals surface area contributed by atoms with Crippen LogP contribution < -0.4 is 0 Å². The molecule has 0 heterocycles. The van der Waals surface area contributed by atoms with Crippen molar-refractivity contribution in [2.75, 3.05) is 24.9 Å². The Kier molecular flexibility index (Phi) is 2.95. The maximum Gasteiger partial charge on any atom is 0.264 e. The summed E-state index contributed by atoms with van der Waals surface area (Å²) >= 11 is 0. The van der Waals surface area contributed by atoms with Crippen molar-refractivity contribution in [2.24, 2.45) is 5.41 Å². The van der Waals surface area contributed by atoms with Crippen molar-refractivity contribution >= 4 is 20.0 Å². The second-order valence-corrected chi connectivity index (χ2v) is 7.82. The van der Waals surface area contributed by atoms with Gasteiger partial charge in [-0.05, 0) is 12.8 Å². The average Bonchev–Trinajstić information content (AvgIpc) is 2.60. The summed E-state index contributed by atoms with van der Waals surface area (Å²) in [5, 5.41) is 0. The quantitative estimate of drug-likeness (QED) is 0.623. The number of hydrogen-bond acceptors (Lipinski definition) is 5. The SMILES string of the molecule is CS(=O)(=O)CC1(COS(C)(=O)=O)CC1. The Bertz CT molecular complexity index is 401. The lowest BCUT2D eigenvalue weighted by Crippen LogP contribution is -2.22. The summed E-state index contributed by atoms with van der Waals surface area (Å²) in [4.78, 5) is 0. The molecule has 7 heteroatoms. The van der Waals surface area contributed by atoms with Gasteiger partial charge < -0.3 is 0 Å². The highest BCUT2D eigenvalue weighted by molar-refractivity contribution is 7.90. The van der Waals surface area contributed by atoms with Crippen LogP contribution in [0.2, 0.25) is 0 Å². The summed E-state index contributed by atoms with van der Waals surface area (Å²) in [5.41, 5.74) is -0.448. The molecule has 0 aromatic heterocycles. The molecule has 0 unspecified atom stereocenters. The first-order valence-corrected chi connectivity index (χ1v) is 8.02. The van der Waals surface area contributed by atoms with Gasteiger partial charge in [-0.2, -0.15) is 8.42 Å². The molecule has 1 saturated carbocycles. The smallest absolute Gasteiger partial charge is 0.264 e. The molecule has 1 aliphatic rings. The van der Waals surface area contributed by atoms with E-state index in [4.69, 9.17) is 0 Å². The molecule has 14 heavy (non-hydrogen) atoms. The van der Waals surface area contributed by atoms with Crippen LogP contribution in [0, 0.1) is 5.41 Å². The van der Waals surface area contributed by atoms with E-state index in [1.165, 1.54) is 0 Å². The lowest BCUT2D eigenvalue weighted by Gasteiger charge is -2.12. The third-order valence-corrected chi connectivity index (χ3v) is 3.79. The number of sulfone groups is 1. The van der Waals surface area contributed by atoms with Crippen molar-refractivity contribution in [3.05, 3.63) is 0 Å². The zero-order valence-corrected chi connectivity index (χ0v) is 9.82. The molecule has 5 nitrogen and oxygen atoms in total. The molecule has 0 aliphatic heterocycles. The minimum absolute atomic E-state index is 0.00944. The minimum atomic E-state index is -3.47. The molecule has 1 aliphatic carbocycles. The van der Waals surface area contributed by atoms with Gasteiger partial charge in [0, 0.05) is 11.7 Å². The van der Waals surface area contributed by atoms with Crippen LogP contribution in [0.3, 0.4) is 0 Å². The first-order valence-electron chi connectivity index (χ1n) is 4.14. The Morgan fingerprint density at radius 2 is 1.64 bits per heavy atom. The fourth-order valence-corrected chi connectivity index (χ4v) is 3.24. The summed E-state index contributed by atoms with van der Waals surface area (Å²) in [5.74, 6) is 0.00944. The molecule has 0 radical (unpaired) electrons. The van der Waals surface area contributed by atoms with E-state index in [0.717, 1.165) is 25.4 Å². The molecule has 0 N–H and O–H groups in total. The largest absolute Gasteiger partial charge is 0.270 e. The van der Waals surface area contributed by atoms with Crippen LogP contribution in [0.1, 0.15) is 12.8 Å². The molecule has 84 valence electrons. The fraction of sp³-hybridized carbons (Fsp3) is 1.00. The maximum absolute atomic E-state index is 11.0. The van der Waals surface area contributed by atoms with Crippen LogP contribution in [-0.2, 0) is 24.1 Å². The monoisotopic (exact) mass is 242 g/mol. The van der Waals surface area contributed by atoms with Crippen molar-refractivity contribution < 1.29 is 21.0 Å². The predicted octanol–water partition coefficient (Wildman–Crippen LogP) is -0.213. The Balaban J connectivity index is 2.53. The van der Waals surface area contributed by atoms with E-state index in [-0.39, 0.29) is 12.4 Å². The Labute approximate surface area is 84.5 Å². The lowest BCUT2D eigenvalue weighted by molar-refractivity contribution is 0.256. The molecule has 1 fully saturated rings. The molecular formula is C7H14O5S2. The van der Waals surface area contributed by atoms with Crippen LogP contribution in [0.15, 0.2) is 0 Å². The topological polar surface area (TPSA) is 77.5 Å². The van der Waals surface area contributed by atoms with Crippen LogP contribution in [0.25, 0.3) is 0 Å². The summed E-state index contributed by atoms with van der Waals surface area (Å²) < 4.78 is 48.0. The molecule has 0 spiro atoms. The molecule has 0 saturated heterocycles. The molecule has 0 aromatic rings. The third kappa shape index (κ3) is 4.39. The number of rotatable bonds is 5. The van der Waals surface area contributed by atoms with Crippen molar-refractivity contribution in [2.45, 2.75) is 12.8 Å². The Morgan fingerprint density at radius 1 is 1.14 bits per heavy atom. The summed E-state index contributed by atoms with van der Waals surface area (Å²) in [6.45, 7) is -0.0150. The predicted molar refractivity (Wildman–Crippen MR) is 52.2 cm³/mol. The van der Waals surface area contributed by atoms with Crippen molar-refractivity contribution in [3.63, 3.8) is 0 Å². The molecule has 0 bridgehead atoms. The average molecular weight is 242 g/mol. The lowest BCUT2D eigenvalue weighted by atomic mass is 10.2.